The molecule has 0 fully saturated rings. The molecule has 2 aromatic heterocycles. The number of aromatic nitrogens is 2. The number of amides is 1. The van der Waals surface area contributed by atoms with Crippen molar-refractivity contribution in [3.63, 3.8) is 0 Å². The Morgan fingerprint density at radius 1 is 1.33 bits per heavy atom. The number of aromatic carboxylic acids is 1. The molecule has 1 amide bonds. The van der Waals surface area contributed by atoms with E-state index >= 15 is 0 Å². The molecular weight excluding hydrogens is 318 g/mol. The van der Waals surface area contributed by atoms with E-state index < -0.39 is 17.4 Å². The van der Waals surface area contributed by atoms with Crippen LogP contribution in [0.5, 0.6) is 0 Å². The summed E-state index contributed by atoms with van der Waals surface area (Å²) < 4.78 is 0. The molecular formula is C14H15N5O5. The second-order valence-corrected chi connectivity index (χ2v) is 4.79. The van der Waals surface area contributed by atoms with Gasteiger partial charge in [0.25, 0.3) is 11.5 Å². The minimum Gasteiger partial charge on any atom is -0.478 e. The van der Waals surface area contributed by atoms with E-state index in [1.807, 2.05) is 0 Å². The SMILES string of the molecule is CONc1cc(Nc2cc(C)c(C(N)=O)[nH]c2=O)c(C(=O)O)cn1. The zero-order valence-corrected chi connectivity index (χ0v) is 12.8. The van der Waals surface area contributed by atoms with Crippen LogP contribution in [0.1, 0.15) is 26.4 Å². The Bertz CT molecular complexity index is 861. The molecule has 10 nitrogen and oxygen atoms in total. The van der Waals surface area contributed by atoms with Crippen LogP contribution < -0.4 is 22.1 Å². The van der Waals surface area contributed by atoms with Gasteiger partial charge in [-0.1, -0.05) is 0 Å². The van der Waals surface area contributed by atoms with E-state index in [9.17, 15) is 19.5 Å². The van der Waals surface area contributed by atoms with Crippen molar-refractivity contribution >= 4 is 29.1 Å². The smallest absolute Gasteiger partial charge is 0.339 e. The predicted molar refractivity (Wildman–Crippen MR) is 85.4 cm³/mol. The van der Waals surface area contributed by atoms with E-state index in [4.69, 9.17) is 10.6 Å². The second-order valence-electron chi connectivity index (χ2n) is 4.79. The Labute approximate surface area is 135 Å². The number of carboxylic acid groups (broad SMARTS) is 1. The number of carbonyl (C=O) groups excluding carboxylic acids is 1. The number of carbonyl (C=O) groups is 2. The number of nitrogens with two attached hydrogens (primary N) is 1. The molecule has 2 heterocycles. The quantitative estimate of drug-likeness (QED) is 0.480. The van der Waals surface area contributed by atoms with Crippen LogP contribution in [0.2, 0.25) is 0 Å². The Hall–Kier alpha value is -3.40. The maximum atomic E-state index is 12.1. The molecule has 0 spiro atoms. The lowest BCUT2D eigenvalue weighted by molar-refractivity contribution is 0.0697. The van der Waals surface area contributed by atoms with Crippen LogP contribution in [0.3, 0.4) is 0 Å². The van der Waals surface area contributed by atoms with E-state index in [-0.39, 0.29) is 28.5 Å². The molecule has 0 bridgehead atoms. The molecule has 2 rings (SSSR count). The van der Waals surface area contributed by atoms with Gasteiger partial charge < -0.3 is 21.1 Å². The highest BCUT2D eigenvalue weighted by molar-refractivity contribution is 5.96. The van der Waals surface area contributed by atoms with E-state index in [2.05, 4.69) is 20.8 Å². The number of aryl methyl sites for hydroxylation is 1. The molecule has 24 heavy (non-hydrogen) atoms. The first kappa shape index (κ1) is 17.0. The molecule has 0 saturated heterocycles. The van der Waals surface area contributed by atoms with E-state index in [0.29, 0.717) is 5.56 Å². The predicted octanol–water partition coefficient (Wildman–Crippen LogP) is 0.592. The van der Waals surface area contributed by atoms with Gasteiger partial charge in [-0.15, -0.1) is 0 Å². The molecule has 0 unspecified atom stereocenters. The first-order valence-corrected chi connectivity index (χ1v) is 6.66. The summed E-state index contributed by atoms with van der Waals surface area (Å²) in [7, 11) is 1.37. The number of H-pyrrole nitrogens is 1. The van der Waals surface area contributed by atoms with Gasteiger partial charge in [0, 0.05) is 12.3 Å². The molecule has 0 aliphatic rings. The van der Waals surface area contributed by atoms with Crippen molar-refractivity contribution in [1.29, 1.82) is 0 Å². The monoisotopic (exact) mass is 333 g/mol. The Balaban J connectivity index is 2.48. The lowest BCUT2D eigenvalue weighted by Gasteiger charge is -2.12. The third-order valence-electron chi connectivity index (χ3n) is 3.10. The van der Waals surface area contributed by atoms with Crippen LogP contribution in [-0.2, 0) is 4.84 Å². The fourth-order valence-electron chi connectivity index (χ4n) is 2.02. The molecule has 10 heteroatoms. The average Bonchev–Trinajstić information content (AvgIpc) is 2.50. The highest BCUT2D eigenvalue weighted by Gasteiger charge is 2.15. The van der Waals surface area contributed by atoms with Gasteiger partial charge >= 0.3 is 5.97 Å². The van der Waals surface area contributed by atoms with Crippen LogP contribution in [0.25, 0.3) is 0 Å². The Morgan fingerprint density at radius 3 is 2.62 bits per heavy atom. The summed E-state index contributed by atoms with van der Waals surface area (Å²) in [6.45, 7) is 1.59. The highest BCUT2D eigenvalue weighted by Crippen LogP contribution is 2.22. The summed E-state index contributed by atoms with van der Waals surface area (Å²) in [6.07, 6.45) is 1.12. The fraction of sp³-hybridized carbons (Fsp3) is 0.143. The standard InChI is InChI=1S/C14H15N5O5/c1-6-3-9(13(21)18-11(6)12(15)20)17-8-4-10(19-24-2)16-5-7(8)14(22)23/h3-5H,1-2H3,(H2,15,20)(H,18,21)(H,22,23)(H2,16,17,19). The molecule has 0 aromatic carbocycles. The number of hydrogen-bond donors (Lipinski definition) is 5. The van der Waals surface area contributed by atoms with Gasteiger partial charge in [0.05, 0.1) is 12.8 Å². The van der Waals surface area contributed by atoms with Gasteiger partial charge in [0.2, 0.25) is 0 Å². The third-order valence-corrected chi connectivity index (χ3v) is 3.10. The molecule has 6 N–H and O–H groups in total. The van der Waals surface area contributed by atoms with Crippen molar-refractivity contribution in [1.82, 2.24) is 9.97 Å². The van der Waals surface area contributed by atoms with Crippen LogP contribution >= 0.6 is 0 Å². The fourth-order valence-corrected chi connectivity index (χ4v) is 2.02. The summed E-state index contributed by atoms with van der Waals surface area (Å²) >= 11 is 0. The van der Waals surface area contributed by atoms with Crippen molar-refractivity contribution in [2.75, 3.05) is 17.9 Å². The zero-order chi connectivity index (χ0) is 17.9. The van der Waals surface area contributed by atoms with Gasteiger partial charge in [-0.3, -0.25) is 14.4 Å². The Kier molecular flexibility index (Phi) is 4.80. The van der Waals surface area contributed by atoms with Gasteiger partial charge in [-0.05, 0) is 18.6 Å². The molecule has 0 radical (unpaired) electrons. The summed E-state index contributed by atoms with van der Waals surface area (Å²) in [6, 6.07) is 2.76. The summed E-state index contributed by atoms with van der Waals surface area (Å²) in [5.41, 5.74) is 7.45. The summed E-state index contributed by atoms with van der Waals surface area (Å²) in [4.78, 5) is 45.5. The van der Waals surface area contributed by atoms with Gasteiger partial charge in [-0.25, -0.2) is 15.3 Å². The van der Waals surface area contributed by atoms with Crippen LogP contribution in [0.4, 0.5) is 17.2 Å². The largest absolute Gasteiger partial charge is 0.478 e. The normalized spacial score (nSPS) is 10.2. The number of anilines is 3. The minimum atomic E-state index is -1.23. The molecule has 0 atom stereocenters. The number of primary amides is 1. The third kappa shape index (κ3) is 3.50. The van der Waals surface area contributed by atoms with Crippen LogP contribution in [-0.4, -0.2) is 34.1 Å². The molecule has 0 saturated carbocycles. The van der Waals surface area contributed by atoms with Crippen molar-refractivity contribution in [3.05, 3.63) is 45.5 Å². The topological polar surface area (TPSA) is 159 Å². The van der Waals surface area contributed by atoms with E-state index in [1.165, 1.54) is 19.2 Å². The van der Waals surface area contributed by atoms with Gasteiger partial charge in [0.1, 0.15) is 16.9 Å². The maximum Gasteiger partial charge on any atom is 0.339 e. The van der Waals surface area contributed by atoms with Crippen molar-refractivity contribution in [2.45, 2.75) is 6.92 Å². The maximum absolute atomic E-state index is 12.1. The second kappa shape index (κ2) is 6.79. The number of aromatic amines is 1. The molecule has 0 aliphatic carbocycles. The molecule has 0 aliphatic heterocycles. The van der Waals surface area contributed by atoms with Crippen LogP contribution in [0.15, 0.2) is 23.1 Å². The lowest BCUT2D eigenvalue weighted by Crippen LogP contribution is -2.22. The van der Waals surface area contributed by atoms with Gasteiger partial charge in [0.15, 0.2) is 5.82 Å². The van der Waals surface area contributed by atoms with Crippen LogP contribution in [0, 0.1) is 6.92 Å². The number of nitrogens with one attached hydrogen (secondary N) is 3. The average molecular weight is 333 g/mol. The molecule has 2 aromatic rings. The lowest BCUT2D eigenvalue weighted by atomic mass is 10.1. The minimum absolute atomic E-state index is 0.0134. The van der Waals surface area contributed by atoms with Crippen molar-refractivity contribution in [3.8, 4) is 0 Å². The summed E-state index contributed by atoms with van der Waals surface area (Å²) in [5.74, 6) is -1.75. The highest BCUT2D eigenvalue weighted by atomic mass is 16.6. The number of carboxylic acids is 1. The number of nitrogens with zero attached hydrogens (tertiary/aromatic N) is 1. The molecule has 126 valence electrons. The number of rotatable bonds is 6. The van der Waals surface area contributed by atoms with Crippen molar-refractivity contribution in [2.24, 2.45) is 5.73 Å². The van der Waals surface area contributed by atoms with E-state index in [1.54, 1.807) is 6.92 Å². The first-order chi connectivity index (χ1) is 11.3. The number of pyridine rings is 2. The van der Waals surface area contributed by atoms with Gasteiger partial charge in [-0.2, -0.15) is 0 Å². The first-order valence-electron chi connectivity index (χ1n) is 6.66. The Morgan fingerprint density at radius 2 is 2.04 bits per heavy atom. The van der Waals surface area contributed by atoms with E-state index in [0.717, 1.165) is 6.20 Å². The summed E-state index contributed by atoms with van der Waals surface area (Å²) in [5, 5.41) is 11.9. The zero-order valence-electron chi connectivity index (χ0n) is 12.8. The van der Waals surface area contributed by atoms with Crippen molar-refractivity contribution < 1.29 is 19.5 Å². The number of hydrogen-bond acceptors (Lipinski definition) is 7.